The molecule has 0 bridgehead atoms. The summed E-state index contributed by atoms with van der Waals surface area (Å²) < 4.78 is 7.65. The number of benzene rings is 1. The number of guanidine groups is 1. The average molecular weight is 386 g/mol. The van der Waals surface area contributed by atoms with E-state index in [2.05, 4.69) is 32.9 Å². The first kappa shape index (κ1) is 20.4. The molecule has 3 rings (SSSR count). The molecule has 0 saturated carbocycles. The Morgan fingerprint density at radius 1 is 1.36 bits per heavy atom. The van der Waals surface area contributed by atoms with Crippen LogP contribution in [-0.2, 0) is 17.4 Å². The summed E-state index contributed by atoms with van der Waals surface area (Å²) in [6.07, 6.45) is 4.61. The maximum atomic E-state index is 10.8. The molecule has 3 unspecified atom stereocenters. The highest BCUT2D eigenvalue weighted by molar-refractivity contribution is 5.79. The van der Waals surface area contributed by atoms with Gasteiger partial charge in [0, 0.05) is 44.4 Å². The summed E-state index contributed by atoms with van der Waals surface area (Å²) in [4.78, 5) is 4.60. The molecule has 2 heterocycles. The first-order chi connectivity index (χ1) is 13.5. The van der Waals surface area contributed by atoms with Crippen molar-refractivity contribution < 1.29 is 9.84 Å². The van der Waals surface area contributed by atoms with Gasteiger partial charge in [-0.25, -0.2) is 4.99 Å². The maximum Gasteiger partial charge on any atom is 0.191 e. The van der Waals surface area contributed by atoms with E-state index in [1.54, 1.807) is 17.8 Å². The number of aliphatic imine (C=N–C) groups is 1. The van der Waals surface area contributed by atoms with E-state index in [9.17, 15) is 5.11 Å². The highest BCUT2D eigenvalue weighted by Crippen LogP contribution is 2.33. The van der Waals surface area contributed by atoms with E-state index < -0.39 is 5.60 Å². The molecule has 3 N–H and O–H groups in total. The number of hydrogen-bond acceptors (Lipinski definition) is 4. The Balaban J connectivity index is 1.62. The zero-order chi connectivity index (χ0) is 20.0. The second kappa shape index (κ2) is 9.21. The minimum atomic E-state index is -1.07. The van der Waals surface area contributed by atoms with Gasteiger partial charge >= 0.3 is 0 Å². The standard InChI is InChI=1S/C21H31N5O2/c1-4-22-20(24-15-21(2,27)18-13-25-26(3)14-18)23-12-17-10-11-28-19(17)16-8-6-5-7-9-16/h5-9,13-14,17,19,27H,4,10-12,15H2,1-3H3,(H2,22,23,24). The third-order valence-corrected chi connectivity index (χ3v) is 5.09. The van der Waals surface area contributed by atoms with Crippen molar-refractivity contribution in [3.05, 3.63) is 53.9 Å². The Kier molecular flexibility index (Phi) is 6.70. The van der Waals surface area contributed by atoms with E-state index in [-0.39, 0.29) is 12.6 Å². The molecule has 152 valence electrons. The van der Waals surface area contributed by atoms with Crippen molar-refractivity contribution in [1.29, 1.82) is 0 Å². The topological polar surface area (TPSA) is 83.7 Å². The summed E-state index contributed by atoms with van der Waals surface area (Å²) in [6.45, 7) is 6.33. The van der Waals surface area contributed by atoms with Crippen molar-refractivity contribution >= 4 is 5.96 Å². The summed E-state index contributed by atoms with van der Waals surface area (Å²) in [5.74, 6) is 1.08. The van der Waals surface area contributed by atoms with Gasteiger partial charge in [-0.3, -0.25) is 4.68 Å². The van der Waals surface area contributed by atoms with Gasteiger partial charge in [-0.1, -0.05) is 30.3 Å². The third-order valence-electron chi connectivity index (χ3n) is 5.09. The predicted molar refractivity (Wildman–Crippen MR) is 110 cm³/mol. The predicted octanol–water partition coefficient (Wildman–Crippen LogP) is 1.96. The van der Waals surface area contributed by atoms with Crippen LogP contribution in [-0.4, -0.2) is 47.1 Å². The van der Waals surface area contributed by atoms with Crippen LogP contribution in [0, 0.1) is 5.92 Å². The number of rotatable bonds is 7. The van der Waals surface area contributed by atoms with E-state index >= 15 is 0 Å². The highest BCUT2D eigenvalue weighted by Gasteiger charge is 2.30. The first-order valence-corrected chi connectivity index (χ1v) is 9.90. The lowest BCUT2D eigenvalue weighted by molar-refractivity contribution is 0.0671. The number of aliphatic hydroxyl groups is 1. The Bertz CT molecular complexity index is 772. The molecule has 1 fully saturated rings. The van der Waals surface area contributed by atoms with Crippen molar-refractivity contribution in [3.8, 4) is 0 Å². The highest BCUT2D eigenvalue weighted by atomic mass is 16.5. The van der Waals surface area contributed by atoms with Crippen LogP contribution in [0.3, 0.4) is 0 Å². The quantitative estimate of drug-likeness (QED) is 0.501. The largest absolute Gasteiger partial charge is 0.383 e. The lowest BCUT2D eigenvalue weighted by atomic mass is 9.95. The van der Waals surface area contributed by atoms with E-state index in [0.717, 1.165) is 31.7 Å². The monoisotopic (exact) mass is 385 g/mol. The van der Waals surface area contributed by atoms with Gasteiger partial charge in [-0.2, -0.15) is 5.10 Å². The van der Waals surface area contributed by atoms with Crippen LogP contribution >= 0.6 is 0 Å². The number of aryl methyl sites for hydroxylation is 1. The third kappa shape index (κ3) is 5.11. The maximum absolute atomic E-state index is 10.8. The molecule has 1 aromatic heterocycles. The molecule has 7 heteroatoms. The molecule has 1 aromatic carbocycles. The molecule has 1 aliphatic heterocycles. The SMILES string of the molecule is CCNC(=NCC(C)(O)c1cnn(C)c1)NCC1CCOC1c1ccccc1. The number of ether oxygens (including phenoxy) is 1. The van der Waals surface area contributed by atoms with Crippen LogP contribution in [0.4, 0.5) is 0 Å². The Morgan fingerprint density at radius 2 is 2.14 bits per heavy atom. The summed E-state index contributed by atoms with van der Waals surface area (Å²) in [6, 6.07) is 10.4. The number of nitrogens with one attached hydrogen (secondary N) is 2. The Morgan fingerprint density at radius 3 is 2.82 bits per heavy atom. The van der Waals surface area contributed by atoms with Gasteiger partial charge in [0.2, 0.25) is 0 Å². The second-order valence-electron chi connectivity index (χ2n) is 7.50. The molecular formula is C21H31N5O2. The molecule has 1 saturated heterocycles. The van der Waals surface area contributed by atoms with Crippen molar-refractivity contribution in [2.45, 2.75) is 32.0 Å². The van der Waals surface area contributed by atoms with Crippen molar-refractivity contribution in [2.24, 2.45) is 18.0 Å². The molecule has 0 spiro atoms. The molecule has 3 atom stereocenters. The zero-order valence-electron chi connectivity index (χ0n) is 16.9. The minimum absolute atomic E-state index is 0.107. The van der Waals surface area contributed by atoms with Crippen LogP contribution in [0.1, 0.15) is 37.5 Å². The van der Waals surface area contributed by atoms with Gasteiger partial charge in [0.1, 0.15) is 5.60 Å². The number of aromatic nitrogens is 2. The summed E-state index contributed by atoms with van der Waals surface area (Å²) >= 11 is 0. The smallest absolute Gasteiger partial charge is 0.191 e. The van der Waals surface area contributed by atoms with Gasteiger partial charge in [0.15, 0.2) is 5.96 Å². The van der Waals surface area contributed by atoms with E-state index in [1.165, 1.54) is 5.56 Å². The first-order valence-electron chi connectivity index (χ1n) is 9.90. The average Bonchev–Trinajstić information content (AvgIpc) is 3.34. The molecule has 0 aliphatic carbocycles. The van der Waals surface area contributed by atoms with Crippen LogP contribution in [0.2, 0.25) is 0 Å². The lowest BCUT2D eigenvalue weighted by Crippen LogP contribution is -2.41. The Hall–Kier alpha value is -2.38. The van der Waals surface area contributed by atoms with Crippen molar-refractivity contribution in [2.75, 3.05) is 26.2 Å². The number of nitrogens with zero attached hydrogens (tertiary/aromatic N) is 3. The lowest BCUT2D eigenvalue weighted by Gasteiger charge is -2.22. The molecule has 2 aromatic rings. The second-order valence-corrected chi connectivity index (χ2v) is 7.50. The van der Waals surface area contributed by atoms with Gasteiger partial charge in [-0.05, 0) is 25.8 Å². The van der Waals surface area contributed by atoms with Crippen LogP contribution in [0.25, 0.3) is 0 Å². The summed E-state index contributed by atoms with van der Waals surface area (Å²) in [5.41, 5.74) is 0.899. The number of hydrogen-bond donors (Lipinski definition) is 3. The fourth-order valence-corrected chi connectivity index (χ4v) is 3.45. The molecule has 7 nitrogen and oxygen atoms in total. The van der Waals surface area contributed by atoms with Crippen LogP contribution < -0.4 is 10.6 Å². The van der Waals surface area contributed by atoms with Crippen molar-refractivity contribution in [1.82, 2.24) is 20.4 Å². The Labute approximate surface area is 166 Å². The van der Waals surface area contributed by atoms with E-state index in [4.69, 9.17) is 4.74 Å². The molecule has 28 heavy (non-hydrogen) atoms. The van der Waals surface area contributed by atoms with Gasteiger partial charge < -0.3 is 20.5 Å². The van der Waals surface area contributed by atoms with Crippen molar-refractivity contribution in [3.63, 3.8) is 0 Å². The summed E-state index contributed by atoms with van der Waals surface area (Å²) in [7, 11) is 1.83. The van der Waals surface area contributed by atoms with E-state index in [0.29, 0.717) is 11.9 Å². The fourth-order valence-electron chi connectivity index (χ4n) is 3.45. The van der Waals surface area contributed by atoms with Crippen LogP contribution in [0.5, 0.6) is 0 Å². The molecular weight excluding hydrogens is 354 g/mol. The minimum Gasteiger partial charge on any atom is -0.383 e. The zero-order valence-corrected chi connectivity index (χ0v) is 16.9. The summed E-state index contributed by atoms with van der Waals surface area (Å²) in [5, 5.41) is 21.6. The molecule has 0 amide bonds. The van der Waals surface area contributed by atoms with Gasteiger partial charge in [-0.15, -0.1) is 0 Å². The van der Waals surface area contributed by atoms with Crippen LogP contribution in [0.15, 0.2) is 47.7 Å². The molecule has 1 aliphatic rings. The normalized spacial score (nSPS) is 22.1. The fraction of sp³-hybridized carbons (Fsp3) is 0.524. The van der Waals surface area contributed by atoms with Gasteiger partial charge in [0.25, 0.3) is 0 Å². The van der Waals surface area contributed by atoms with E-state index in [1.807, 2.05) is 38.4 Å². The van der Waals surface area contributed by atoms with Gasteiger partial charge in [0.05, 0.1) is 18.8 Å². The molecule has 0 radical (unpaired) electrons.